The van der Waals surface area contributed by atoms with Gasteiger partial charge in [0.25, 0.3) is 0 Å². The van der Waals surface area contributed by atoms with Crippen molar-refractivity contribution in [2.24, 2.45) is 0 Å². The molecule has 0 saturated carbocycles. The topological polar surface area (TPSA) is 97.0 Å². The van der Waals surface area contributed by atoms with Crippen LogP contribution in [0.1, 0.15) is 34.8 Å². The zero-order valence-electron chi connectivity index (χ0n) is 17.3. The normalized spacial score (nSPS) is 14.2. The molecule has 1 saturated heterocycles. The zero-order valence-corrected chi connectivity index (χ0v) is 18.1. The molecule has 0 radical (unpaired) electrons. The van der Waals surface area contributed by atoms with Crippen molar-refractivity contribution in [3.05, 3.63) is 58.6 Å². The maximum Gasteiger partial charge on any atom is 0.341 e. The lowest BCUT2D eigenvalue weighted by Gasteiger charge is -2.25. The van der Waals surface area contributed by atoms with Crippen LogP contribution in [-0.4, -0.2) is 50.1 Å². The molecule has 31 heavy (non-hydrogen) atoms. The van der Waals surface area contributed by atoms with E-state index in [1.54, 1.807) is 4.90 Å². The predicted molar refractivity (Wildman–Crippen MR) is 116 cm³/mol. The van der Waals surface area contributed by atoms with Gasteiger partial charge in [0, 0.05) is 25.6 Å². The molecule has 8 nitrogen and oxygen atoms in total. The van der Waals surface area contributed by atoms with Crippen LogP contribution in [0.4, 0.5) is 10.5 Å². The first kappa shape index (κ1) is 22.4. The summed E-state index contributed by atoms with van der Waals surface area (Å²) in [5, 5.41) is 5.75. The van der Waals surface area contributed by atoms with E-state index >= 15 is 0 Å². The highest BCUT2D eigenvalue weighted by Crippen LogP contribution is 2.31. The number of urea groups is 1. The van der Waals surface area contributed by atoms with Gasteiger partial charge >= 0.3 is 12.0 Å². The highest BCUT2D eigenvalue weighted by molar-refractivity contribution is 6.34. The first-order chi connectivity index (χ1) is 14.9. The molecule has 0 unspecified atom stereocenters. The van der Waals surface area contributed by atoms with Crippen molar-refractivity contribution in [3.8, 4) is 5.75 Å². The van der Waals surface area contributed by atoms with Gasteiger partial charge in [0.15, 0.2) is 0 Å². The Balaban J connectivity index is 1.77. The maximum atomic E-state index is 12.8. The van der Waals surface area contributed by atoms with Crippen LogP contribution in [0.3, 0.4) is 0 Å². The lowest BCUT2D eigenvalue weighted by molar-refractivity contribution is -0.128. The zero-order chi connectivity index (χ0) is 22.4. The third-order valence-corrected chi connectivity index (χ3v) is 5.34. The Kier molecular flexibility index (Phi) is 7.36. The molecular weight excluding hydrogens is 422 g/mol. The molecule has 9 heteroatoms. The number of amides is 3. The lowest BCUT2D eigenvalue weighted by Crippen LogP contribution is -2.40. The molecule has 164 valence electrons. The lowest BCUT2D eigenvalue weighted by atomic mass is 10.1. The van der Waals surface area contributed by atoms with Crippen LogP contribution in [0.5, 0.6) is 5.75 Å². The number of hydrogen-bond acceptors (Lipinski definition) is 5. The molecule has 0 aromatic heterocycles. The third kappa shape index (κ3) is 5.46. The summed E-state index contributed by atoms with van der Waals surface area (Å²) in [6, 6.07) is 11.3. The first-order valence-corrected chi connectivity index (χ1v) is 10.2. The Morgan fingerprint density at radius 1 is 1.19 bits per heavy atom. The summed E-state index contributed by atoms with van der Waals surface area (Å²) >= 11 is 6.25. The Morgan fingerprint density at radius 2 is 1.94 bits per heavy atom. The number of likely N-dealkylation sites (tertiary alicyclic amines) is 1. The van der Waals surface area contributed by atoms with E-state index in [1.165, 1.54) is 26.4 Å². The number of carbonyl (C=O) groups excluding carboxylic acids is 3. The molecule has 1 heterocycles. The van der Waals surface area contributed by atoms with Gasteiger partial charge in [0.05, 0.1) is 31.0 Å². The smallest absolute Gasteiger partial charge is 0.341 e. The van der Waals surface area contributed by atoms with Crippen molar-refractivity contribution >= 4 is 35.2 Å². The quantitative estimate of drug-likeness (QED) is 0.634. The number of halogens is 1. The van der Waals surface area contributed by atoms with Gasteiger partial charge in [0.2, 0.25) is 5.91 Å². The van der Waals surface area contributed by atoms with E-state index in [0.29, 0.717) is 19.5 Å². The van der Waals surface area contributed by atoms with E-state index in [2.05, 4.69) is 10.6 Å². The highest BCUT2D eigenvalue weighted by Gasteiger charge is 2.26. The van der Waals surface area contributed by atoms with Crippen LogP contribution in [0.25, 0.3) is 0 Å². The van der Waals surface area contributed by atoms with Gasteiger partial charge in [-0.2, -0.15) is 0 Å². The first-order valence-electron chi connectivity index (χ1n) is 9.79. The molecule has 2 aromatic rings. The summed E-state index contributed by atoms with van der Waals surface area (Å²) in [5.74, 6) is -0.308. The molecule has 1 fully saturated rings. The van der Waals surface area contributed by atoms with E-state index in [-0.39, 0.29) is 27.9 Å². The third-order valence-electron chi connectivity index (χ3n) is 5.02. The second kappa shape index (κ2) is 10.2. The Hall–Kier alpha value is -3.26. The summed E-state index contributed by atoms with van der Waals surface area (Å²) in [6.07, 6.45) is 1.34. The minimum Gasteiger partial charge on any atom is -0.496 e. The van der Waals surface area contributed by atoms with Gasteiger partial charge in [-0.25, -0.2) is 9.59 Å². The van der Waals surface area contributed by atoms with Crippen molar-refractivity contribution in [1.29, 1.82) is 0 Å². The number of nitrogens with one attached hydrogen (secondary N) is 2. The van der Waals surface area contributed by atoms with Gasteiger partial charge in [-0.3, -0.25) is 4.79 Å². The highest BCUT2D eigenvalue weighted by atomic mass is 35.5. The number of nitrogens with zero attached hydrogens (tertiary/aromatic N) is 1. The van der Waals surface area contributed by atoms with Gasteiger partial charge in [-0.1, -0.05) is 41.9 Å². The number of methoxy groups -OCH3 is 2. The van der Waals surface area contributed by atoms with E-state index in [4.69, 9.17) is 21.1 Å². The summed E-state index contributed by atoms with van der Waals surface area (Å²) < 4.78 is 9.94. The number of ether oxygens (including phenoxy) is 2. The maximum absolute atomic E-state index is 12.8. The number of rotatable bonds is 7. The summed E-state index contributed by atoms with van der Waals surface area (Å²) in [7, 11) is 2.65. The second-order valence-corrected chi connectivity index (χ2v) is 7.44. The Labute approximate surface area is 185 Å². The van der Waals surface area contributed by atoms with Crippen molar-refractivity contribution in [3.63, 3.8) is 0 Å². The van der Waals surface area contributed by atoms with Crippen molar-refractivity contribution in [2.75, 3.05) is 32.6 Å². The van der Waals surface area contributed by atoms with Crippen LogP contribution >= 0.6 is 11.6 Å². The van der Waals surface area contributed by atoms with Gasteiger partial charge in [-0.05, 0) is 18.1 Å². The van der Waals surface area contributed by atoms with Gasteiger partial charge in [0.1, 0.15) is 11.3 Å². The number of esters is 1. The molecule has 2 N–H and O–H groups in total. The molecule has 1 aliphatic heterocycles. The van der Waals surface area contributed by atoms with Crippen LogP contribution in [0, 0.1) is 0 Å². The fourth-order valence-corrected chi connectivity index (χ4v) is 3.65. The molecule has 1 atom stereocenters. The number of carbonyl (C=O) groups is 3. The van der Waals surface area contributed by atoms with E-state index in [1.807, 2.05) is 30.3 Å². The molecule has 0 spiro atoms. The molecule has 0 aliphatic carbocycles. The van der Waals surface area contributed by atoms with E-state index in [0.717, 1.165) is 12.0 Å². The van der Waals surface area contributed by atoms with Gasteiger partial charge in [-0.15, -0.1) is 0 Å². The fourth-order valence-electron chi connectivity index (χ4n) is 3.44. The summed E-state index contributed by atoms with van der Waals surface area (Å²) in [6.45, 7) is 1.04. The molecule has 3 rings (SSSR count). The largest absolute Gasteiger partial charge is 0.496 e. The van der Waals surface area contributed by atoms with Crippen LogP contribution in [0.15, 0.2) is 42.5 Å². The van der Waals surface area contributed by atoms with Crippen molar-refractivity contribution in [2.45, 2.75) is 18.9 Å². The minimum absolute atomic E-state index is 0.0781. The molecule has 1 aliphatic rings. The monoisotopic (exact) mass is 445 g/mol. The Morgan fingerprint density at radius 3 is 2.55 bits per heavy atom. The predicted octanol–water partition coefficient (Wildman–Crippen LogP) is 3.62. The minimum atomic E-state index is -0.603. The van der Waals surface area contributed by atoms with Crippen LogP contribution in [0.2, 0.25) is 5.02 Å². The molecular formula is C22H24ClN3O5. The molecule has 0 bridgehead atoms. The van der Waals surface area contributed by atoms with E-state index in [9.17, 15) is 14.4 Å². The van der Waals surface area contributed by atoms with Crippen LogP contribution in [-0.2, 0) is 9.53 Å². The number of hydrogen-bond donors (Lipinski definition) is 2. The van der Waals surface area contributed by atoms with E-state index < -0.39 is 18.0 Å². The molecule has 3 amide bonds. The van der Waals surface area contributed by atoms with Crippen LogP contribution < -0.4 is 15.4 Å². The summed E-state index contributed by atoms with van der Waals surface area (Å²) in [4.78, 5) is 38.5. The average Bonchev–Trinajstić information content (AvgIpc) is 3.18. The standard InChI is InChI=1S/C22H24ClN3O5/c1-30-19-12-17(16(23)11-15(19)21(28)31-2)24-22(29)25-18(14-7-4-3-5-8-14)13-26-10-6-9-20(26)27/h3-5,7-8,11-12,18H,6,9-10,13H2,1-2H3,(H2,24,25,29)/t18-/m1/s1. The Bertz CT molecular complexity index is 967. The fraction of sp³-hybridized carbons (Fsp3) is 0.318. The number of benzene rings is 2. The van der Waals surface area contributed by atoms with Gasteiger partial charge < -0.3 is 25.0 Å². The molecule has 2 aromatic carbocycles. The van der Waals surface area contributed by atoms with Crippen molar-refractivity contribution in [1.82, 2.24) is 10.2 Å². The SMILES string of the molecule is COC(=O)c1cc(Cl)c(NC(=O)N[C@H](CN2CCCC2=O)c2ccccc2)cc1OC. The summed E-state index contributed by atoms with van der Waals surface area (Å²) in [5.41, 5.74) is 1.30. The average molecular weight is 446 g/mol. The second-order valence-electron chi connectivity index (χ2n) is 7.03. The van der Waals surface area contributed by atoms with Crippen molar-refractivity contribution < 1.29 is 23.9 Å². The number of anilines is 1.